The molecule has 7 heteroatoms. The molecule has 0 saturated carbocycles. The number of hydrogen-bond donors (Lipinski definition) is 1. The van der Waals surface area contributed by atoms with E-state index in [0.29, 0.717) is 15.6 Å². The van der Waals surface area contributed by atoms with E-state index in [2.05, 4.69) is 10.3 Å². The first-order valence-electron chi connectivity index (χ1n) is 8.66. The zero-order valence-corrected chi connectivity index (χ0v) is 17.2. The first kappa shape index (κ1) is 18.5. The summed E-state index contributed by atoms with van der Waals surface area (Å²) in [6.45, 7) is 3.84. The summed E-state index contributed by atoms with van der Waals surface area (Å²) in [4.78, 5) is 18.8. The smallest absolute Gasteiger partial charge is 0.267 e. The Morgan fingerprint density at radius 1 is 1.18 bits per heavy atom. The van der Waals surface area contributed by atoms with Crippen molar-refractivity contribution in [3.05, 3.63) is 69.8 Å². The van der Waals surface area contributed by atoms with Crippen LogP contribution in [0.3, 0.4) is 0 Å². The first-order chi connectivity index (χ1) is 13.5. The number of methoxy groups -OCH3 is 1. The minimum absolute atomic E-state index is 0.168. The number of fused-ring (bicyclic) bond motifs is 1. The highest BCUT2D eigenvalue weighted by molar-refractivity contribution is 7.19. The van der Waals surface area contributed by atoms with Crippen molar-refractivity contribution in [1.29, 1.82) is 0 Å². The molecular weight excluding hydrogens is 394 g/mol. The third kappa shape index (κ3) is 3.37. The van der Waals surface area contributed by atoms with Gasteiger partial charge in [-0.05, 0) is 55.8 Å². The molecule has 0 aliphatic carbocycles. The van der Waals surface area contributed by atoms with Crippen LogP contribution in [0.5, 0.6) is 5.75 Å². The molecule has 0 aliphatic rings. The van der Waals surface area contributed by atoms with Gasteiger partial charge in [0.25, 0.3) is 5.91 Å². The maximum atomic E-state index is 12.7. The highest BCUT2D eigenvalue weighted by Gasteiger charge is 2.18. The highest BCUT2D eigenvalue weighted by Crippen LogP contribution is 2.29. The number of amides is 1. The fourth-order valence-electron chi connectivity index (χ4n) is 2.92. The molecule has 0 aliphatic heterocycles. The molecule has 28 heavy (non-hydrogen) atoms. The van der Waals surface area contributed by atoms with Crippen molar-refractivity contribution in [1.82, 2.24) is 9.38 Å². The third-order valence-corrected chi connectivity index (χ3v) is 6.14. The normalized spacial score (nSPS) is 11.0. The molecule has 0 unspecified atom stereocenters. The van der Waals surface area contributed by atoms with Gasteiger partial charge in [-0.15, -0.1) is 0 Å². The van der Waals surface area contributed by atoms with Crippen LogP contribution in [0.2, 0.25) is 5.02 Å². The number of aryl methyl sites for hydroxylation is 2. The van der Waals surface area contributed by atoms with Crippen LogP contribution in [0.4, 0.5) is 5.69 Å². The fraction of sp³-hybridized carbons (Fsp3) is 0.143. The van der Waals surface area contributed by atoms with Gasteiger partial charge in [0.1, 0.15) is 10.6 Å². The molecule has 0 saturated heterocycles. The zero-order chi connectivity index (χ0) is 19.8. The second-order valence-corrected chi connectivity index (χ2v) is 7.83. The van der Waals surface area contributed by atoms with Crippen molar-refractivity contribution >= 4 is 39.5 Å². The number of anilines is 1. The Morgan fingerprint density at radius 3 is 2.57 bits per heavy atom. The number of carbonyl (C=O) groups is 1. The molecule has 142 valence electrons. The van der Waals surface area contributed by atoms with Gasteiger partial charge in [-0.2, -0.15) is 0 Å². The summed E-state index contributed by atoms with van der Waals surface area (Å²) in [6.07, 6.45) is 1.95. The van der Waals surface area contributed by atoms with Gasteiger partial charge in [-0.25, -0.2) is 4.98 Å². The predicted octanol–water partition coefficient (Wildman–Crippen LogP) is 5.59. The van der Waals surface area contributed by atoms with Gasteiger partial charge in [-0.1, -0.05) is 29.0 Å². The van der Waals surface area contributed by atoms with Crippen molar-refractivity contribution in [3.63, 3.8) is 0 Å². The monoisotopic (exact) mass is 411 g/mol. The number of ether oxygens (including phenoxy) is 1. The SMILES string of the molecule is COc1ccc(-c2cn3c(C)c(C(=O)Nc4ccc(C)c(Cl)c4)sc3n2)cc1. The van der Waals surface area contributed by atoms with Gasteiger partial charge in [0.05, 0.1) is 12.8 Å². The number of halogens is 1. The number of rotatable bonds is 4. The Bertz CT molecular complexity index is 1180. The second-order valence-electron chi connectivity index (χ2n) is 6.44. The topological polar surface area (TPSA) is 55.6 Å². The summed E-state index contributed by atoms with van der Waals surface area (Å²) in [7, 11) is 1.64. The van der Waals surface area contributed by atoms with Crippen molar-refractivity contribution < 1.29 is 9.53 Å². The highest BCUT2D eigenvalue weighted by atomic mass is 35.5. The third-order valence-electron chi connectivity index (χ3n) is 4.58. The van der Waals surface area contributed by atoms with Gasteiger partial charge in [0.15, 0.2) is 4.96 Å². The van der Waals surface area contributed by atoms with E-state index in [9.17, 15) is 4.79 Å². The summed E-state index contributed by atoms with van der Waals surface area (Å²) in [5, 5.41) is 3.53. The Kier molecular flexibility index (Phi) is 4.83. The maximum absolute atomic E-state index is 12.7. The van der Waals surface area contributed by atoms with Gasteiger partial charge in [-0.3, -0.25) is 9.20 Å². The average Bonchev–Trinajstić information content (AvgIpc) is 3.24. The number of imidazole rings is 1. The lowest BCUT2D eigenvalue weighted by molar-refractivity contribution is 0.102. The Labute approximate surface area is 171 Å². The van der Waals surface area contributed by atoms with E-state index in [1.54, 1.807) is 13.2 Å². The maximum Gasteiger partial charge on any atom is 0.267 e. The molecule has 1 N–H and O–H groups in total. The number of nitrogens with one attached hydrogen (secondary N) is 1. The number of aromatic nitrogens is 2. The van der Waals surface area contributed by atoms with Crippen LogP contribution in [0.25, 0.3) is 16.2 Å². The van der Waals surface area contributed by atoms with Crippen molar-refractivity contribution in [3.8, 4) is 17.0 Å². The van der Waals surface area contributed by atoms with E-state index in [4.69, 9.17) is 16.3 Å². The minimum Gasteiger partial charge on any atom is -0.497 e. The van der Waals surface area contributed by atoms with E-state index in [-0.39, 0.29) is 5.91 Å². The van der Waals surface area contributed by atoms with Crippen LogP contribution in [0, 0.1) is 13.8 Å². The van der Waals surface area contributed by atoms with Gasteiger partial charge in [0, 0.05) is 28.2 Å². The first-order valence-corrected chi connectivity index (χ1v) is 9.86. The summed E-state index contributed by atoms with van der Waals surface area (Å²) in [5.74, 6) is 0.634. The summed E-state index contributed by atoms with van der Waals surface area (Å²) in [5.41, 5.74) is 4.34. The lowest BCUT2D eigenvalue weighted by Gasteiger charge is -2.06. The van der Waals surface area contributed by atoms with Crippen LogP contribution in [0.15, 0.2) is 48.7 Å². The van der Waals surface area contributed by atoms with Gasteiger partial charge >= 0.3 is 0 Å². The van der Waals surface area contributed by atoms with E-state index in [1.807, 2.05) is 60.8 Å². The predicted molar refractivity (Wildman–Crippen MR) is 114 cm³/mol. The molecular formula is C21H18ClN3O2S. The van der Waals surface area contributed by atoms with Crippen LogP contribution < -0.4 is 10.1 Å². The Hall–Kier alpha value is -2.83. The molecule has 2 heterocycles. The average molecular weight is 412 g/mol. The number of nitrogens with zero attached hydrogens (tertiary/aromatic N) is 2. The summed E-state index contributed by atoms with van der Waals surface area (Å²) >= 11 is 7.51. The molecule has 4 rings (SSSR count). The quantitative estimate of drug-likeness (QED) is 0.476. The molecule has 1 amide bonds. The zero-order valence-electron chi connectivity index (χ0n) is 15.6. The van der Waals surface area contributed by atoms with Crippen LogP contribution in [-0.2, 0) is 0 Å². The molecule has 5 nitrogen and oxygen atoms in total. The van der Waals surface area contributed by atoms with E-state index >= 15 is 0 Å². The Balaban J connectivity index is 1.61. The van der Waals surface area contributed by atoms with Crippen LogP contribution >= 0.6 is 22.9 Å². The molecule has 2 aromatic carbocycles. The minimum atomic E-state index is -0.168. The standard InChI is InChI=1S/C21H18ClN3O2S/c1-12-4-7-15(10-17(12)22)23-20(26)19-13(2)25-11-18(24-21(25)28-19)14-5-8-16(27-3)9-6-14/h4-11H,1-3H3,(H,23,26). The molecule has 0 bridgehead atoms. The largest absolute Gasteiger partial charge is 0.497 e. The summed E-state index contributed by atoms with van der Waals surface area (Å²) < 4.78 is 7.14. The van der Waals surface area contributed by atoms with Crippen molar-refractivity contribution in [2.24, 2.45) is 0 Å². The van der Waals surface area contributed by atoms with E-state index < -0.39 is 0 Å². The van der Waals surface area contributed by atoms with Crippen molar-refractivity contribution in [2.45, 2.75) is 13.8 Å². The van der Waals surface area contributed by atoms with Crippen LogP contribution in [-0.4, -0.2) is 22.4 Å². The summed E-state index contributed by atoms with van der Waals surface area (Å²) in [6, 6.07) is 13.2. The number of carbonyl (C=O) groups excluding carboxylic acids is 1. The molecule has 2 aromatic heterocycles. The number of thiazole rings is 1. The number of benzene rings is 2. The lowest BCUT2D eigenvalue weighted by Crippen LogP contribution is -2.12. The lowest BCUT2D eigenvalue weighted by atomic mass is 10.2. The van der Waals surface area contributed by atoms with E-state index in [1.165, 1.54) is 11.3 Å². The Morgan fingerprint density at radius 2 is 1.93 bits per heavy atom. The van der Waals surface area contributed by atoms with Crippen molar-refractivity contribution in [2.75, 3.05) is 12.4 Å². The molecule has 0 fully saturated rings. The van der Waals surface area contributed by atoms with Gasteiger partial charge in [0.2, 0.25) is 0 Å². The molecule has 4 aromatic rings. The van der Waals surface area contributed by atoms with E-state index in [0.717, 1.165) is 33.2 Å². The second kappa shape index (κ2) is 7.30. The van der Waals surface area contributed by atoms with Crippen LogP contribution in [0.1, 0.15) is 20.9 Å². The molecule has 0 radical (unpaired) electrons. The number of hydrogen-bond acceptors (Lipinski definition) is 4. The molecule has 0 spiro atoms. The van der Waals surface area contributed by atoms with Gasteiger partial charge < -0.3 is 10.1 Å². The molecule has 0 atom stereocenters. The fourth-order valence-corrected chi connectivity index (χ4v) is 4.10.